The minimum Gasteiger partial charge on any atom is -0.393 e. The molecule has 4 aliphatic carbocycles. The van der Waals surface area contributed by atoms with E-state index in [1.807, 2.05) is 0 Å². The van der Waals surface area contributed by atoms with Gasteiger partial charge in [-0.15, -0.1) is 0 Å². The van der Waals surface area contributed by atoms with Gasteiger partial charge in [0.25, 0.3) is 0 Å². The van der Waals surface area contributed by atoms with Gasteiger partial charge in [0.2, 0.25) is 0 Å². The van der Waals surface area contributed by atoms with E-state index in [1.165, 1.54) is 6.08 Å². The van der Waals surface area contributed by atoms with Crippen molar-refractivity contribution in [3.8, 4) is 0 Å². The Morgan fingerprint density at radius 2 is 2.12 bits per heavy atom. The second-order valence-corrected chi connectivity index (χ2v) is 8.86. The van der Waals surface area contributed by atoms with Crippen LogP contribution in [0.5, 0.6) is 0 Å². The van der Waals surface area contributed by atoms with E-state index < -0.39 is 78.1 Å². The molecule has 26 heavy (non-hydrogen) atoms. The molecule has 3 fully saturated rings. The maximum absolute atomic E-state index is 12.5. The smallest absolute Gasteiger partial charge is 0.190 e. The fraction of sp³-hybridized carbons (Fsp3) is 0.810. The van der Waals surface area contributed by atoms with Gasteiger partial charge in [-0.1, -0.05) is 19.4 Å². The van der Waals surface area contributed by atoms with Gasteiger partial charge in [-0.3, -0.25) is 9.59 Å². The molecule has 11 atom stereocenters. The predicted molar refractivity (Wildman–Crippen MR) is 95.1 cm³/mol. The lowest BCUT2D eigenvalue weighted by molar-refractivity contribution is -0.182. The summed E-state index contributed by atoms with van der Waals surface area (Å²) in [6.07, 6.45) is -3.81. The molecule has 4 aliphatic rings. The van der Waals surface area contributed by atoms with Crippen LogP contribution in [0.4, 0.5) is 0 Å². The van der Waals surface area contributed by atoms with Crippen LogP contribution in [0, 0.1) is 28.6 Å². The van der Waals surface area contributed by atoms with Gasteiger partial charge >= 0.3 is 0 Å². The average Bonchev–Trinajstić information content (AvgIpc) is 2.97. The van der Waals surface area contributed by atoms with Crippen LogP contribution in [0.15, 0.2) is 11.6 Å². The van der Waals surface area contributed by atoms with Crippen LogP contribution in [-0.2, 0) is 9.59 Å². The summed E-state index contributed by atoms with van der Waals surface area (Å²) in [6, 6.07) is 0. The Kier molecular flexibility index (Phi) is 3.09. The molecule has 0 bridgehead atoms. The maximum atomic E-state index is 12.5. The summed E-state index contributed by atoms with van der Waals surface area (Å²) in [5.41, 5.74) is -3.64. The largest absolute Gasteiger partial charge is 0.393 e. The van der Waals surface area contributed by atoms with Gasteiger partial charge < -0.3 is 15.3 Å². The quantitative estimate of drug-likeness (QED) is 0.689. The van der Waals surface area contributed by atoms with E-state index in [9.17, 15) is 24.9 Å². The SMILES string of the molecule is [3H]C1C2=CC(=O)C([3H])C([3H])[C@]2(C)[C@@H]2[C@@H](C1[3H])[C@@H]1CC[C@](O)(C(=O)CO)[C@@]1(C)C[C@@H]2O. The monoisotopic (exact) mass is 370 g/mol. The standard InChI is InChI=1S/C21H30O5/c1-19-7-5-13(23)9-12(19)3-4-14-15-6-8-21(26,17(25)11-22)20(15,2)10-16(24)18(14)19/h9,14-16,18,22,24,26H,3-8,10-11H2,1-2H3/t14-,15-,16-,18+,19-,20-,21-/m0/s1/i3T,4T,5T,7T/t3?,4?,5?,7?,14-,15-,16-,18+,19-,20-,21-. The molecular formula is C21H30O5. The molecule has 0 aliphatic heterocycles. The summed E-state index contributed by atoms with van der Waals surface area (Å²) >= 11 is 0. The zero-order valence-electron chi connectivity index (χ0n) is 19.2. The first-order valence-electron chi connectivity index (χ1n) is 11.7. The second-order valence-electron chi connectivity index (χ2n) is 8.86. The highest BCUT2D eigenvalue weighted by Gasteiger charge is 2.68. The Labute approximate surface area is 160 Å². The lowest BCUT2D eigenvalue weighted by Crippen LogP contribution is -2.62. The van der Waals surface area contributed by atoms with Gasteiger partial charge in [0.1, 0.15) is 12.2 Å². The van der Waals surface area contributed by atoms with E-state index in [0.717, 1.165) is 0 Å². The molecule has 4 unspecified atom stereocenters. The van der Waals surface area contributed by atoms with E-state index in [2.05, 4.69) is 0 Å². The van der Waals surface area contributed by atoms with Crippen LogP contribution in [-0.4, -0.2) is 45.2 Å². The lowest BCUT2D eigenvalue weighted by atomic mass is 9.45. The molecule has 0 aromatic carbocycles. The summed E-state index contributed by atoms with van der Waals surface area (Å²) in [7, 11) is 0. The van der Waals surface area contributed by atoms with Crippen LogP contribution in [0.2, 0.25) is 0 Å². The van der Waals surface area contributed by atoms with E-state index in [1.54, 1.807) is 13.8 Å². The zero-order chi connectivity index (χ0) is 22.4. The van der Waals surface area contributed by atoms with Crippen molar-refractivity contribution in [1.29, 1.82) is 0 Å². The zero-order valence-corrected chi connectivity index (χ0v) is 15.2. The third-order valence-corrected chi connectivity index (χ3v) is 7.82. The molecule has 0 amide bonds. The normalized spacial score (nSPS) is 64.0. The highest BCUT2D eigenvalue weighted by Crippen LogP contribution is 2.67. The van der Waals surface area contributed by atoms with Crippen molar-refractivity contribution >= 4 is 11.6 Å². The molecule has 5 nitrogen and oxygen atoms in total. The van der Waals surface area contributed by atoms with E-state index in [-0.39, 0.29) is 18.8 Å². The van der Waals surface area contributed by atoms with Gasteiger partial charge in [-0.25, -0.2) is 0 Å². The molecule has 5 heteroatoms. The average molecular weight is 370 g/mol. The molecule has 144 valence electrons. The van der Waals surface area contributed by atoms with Gasteiger partial charge in [0.15, 0.2) is 11.6 Å². The molecule has 0 radical (unpaired) electrons. The number of hydrogen-bond donors (Lipinski definition) is 3. The van der Waals surface area contributed by atoms with E-state index >= 15 is 0 Å². The number of ketones is 2. The molecule has 0 spiro atoms. The molecule has 3 saturated carbocycles. The van der Waals surface area contributed by atoms with Gasteiger partial charge in [-0.2, -0.15) is 0 Å². The second kappa shape index (κ2) is 5.73. The number of aliphatic hydroxyl groups is 3. The van der Waals surface area contributed by atoms with Crippen molar-refractivity contribution in [1.82, 2.24) is 0 Å². The third kappa shape index (κ3) is 2.14. The summed E-state index contributed by atoms with van der Waals surface area (Å²) in [6.45, 7) is 2.63. The maximum Gasteiger partial charge on any atom is 0.190 e. The number of rotatable bonds is 2. The van der Waals surface area contributed by atoms with Gasteiger partial charge in [-0.05, 0) is 67.7 Å². The van der Waals surface area contributed by atoms with Crippen LogP contribution < -0.4 is 0 Å². The Bertz CT molecular complexity index is 819. The Balaban J connectivity index is 1.86. The third-order valence-electron chi connectivity index (χ3n) is 7.82. The minimum absolute atomic E-state index is 0.0582. The van der Waals surface area contributed by atoms with Crippen molar-refractivity contribution in [2.75, 3.05) is 6.61 Å². The summed E-state index contributed by atoms with van der Waals surface area (Å²) in [4.78, 5) is 24.7. The van der Waals surface area contributed by atoms with Gasteiger partial charge in [0.05, 0.1) is 6.10 Å². The van der Waals surface area contributed by atoms with Crippen molar-refractivity contribution in [2.24, 2.45) is 28.6 Å². The first-order valence-corrected chi connectivity index (χ1v) is 9.35. The fourth-order valence-corrected chi connectivity index (χ4v) is 6.38. The molecule has 0 saturated heterocycles. The van der Waals surface area contributed by atoms with Crippen LogP contribution in [0.25, 0.3) is 0 Å². The van der Waals surface area contributed by atoms with Crippen LogP contribution in [0.3, 0.4) is 0 Å². The molecule has 0 aromatic rings. The first-order chi connectivity index (χ1) is 13.9. The number of carbonyl (C=O) groups excluding carboxylic acids is 2. The number of carbonyl (C=O) groups is 2. The molecule has 3 N–H and O–H groups in total. The molecule has 0 aromatic heterocycles. The van der Waals surface area contributed by atoms with E-state index in [4.69, 9.17) is 5.48 Å². The molecular weight excluding hydrogens is 332 g/mol. The minimum atomic E-state index is -1.81. The summed E-state index contributed by atoms with van der Waals surface area (Å²) < 4.78 is 34.4. The highest BCUT2D eigenvalue weighted by molar-refractivity contribution is 5.91. The molecule has 0 heterocycles. The Morgan fingerprint density at radius 1 is 1.38 bits per heavy atom. The highest BCUT2D eigenvalue weighted by atomic mass is 16.3. The summed E-state index contributed by atoms with van der Waals surface area (Å²) in [5, 5.41) is 32.0. The van der Waals surface area contributed by atoms with Crippen LogP contribution in [0.1, 0.15) is 64.2 Å². The van der Waals surface area contributed by atoms with Crippen molar-refractivity contribution in [2.45, 2.75) is 70.4 Å². The lowest BCUT2D eigenvalue weighted by Gasteiger charge is -2.60. The topological polar surface area (TPSA) is 94.8 Å². The van der Waals surface area contributed by atoms with Crippen molar-refractivity contribution in [3.63, 3.8) is 0 Å². The number of hydrogen-bond acceptors (Lipinski definition) is 5. The number of allylic oxidation sites excluding steroid dienone is 1. The fourth-order valence-electron chi connectivity index (χ4n) is 6.38. The molecule has 4 rings (SSSR count). The van der Waals surface area contributed by atoms with Crippen molar-refractivity contribution in [3.05, 3.63) is 11.6 Å². The Morgan fingerprint density at radius 3 is 2.81 bits per heavy atom. The number of aliphatic hydroxyl groups excluding tert-OH is 2. The van der Waals surface area contributed by atoms with Crippen molar-refractivity contribution < 1.29 is 30.4 Å². The predicted octanol–water partition coefficient (Wildman–Crippen LogP) is 1.78. The first kappa shape index (κ1) is 14.0. The Hall–Kier alpha value is -1.04. The van der Waals surface area contributed by atoms with Gasteiger partial charge in [0, 0.05) is 17.3 Å². The van der Waals surface area contributed by atoms with E-state index in [0.29, 0.717) is 12.0 Å². The number of Topliss-reactive ketones (excluding diaryl/α,β-unsaturated/α-hetero) is 1. The summed E-state index contributed by atoms with van der Waals surface area (Å²) in [5.74, 6) is -2.78. The number of fused-ring (bicyclic) bond motifs is 5. The van der Waals surface area contributed by atoms with Crippen LogP contribution >= 0.6 is 0 Å².